The number of aliphatic hydroxyl groups excluding tert-OH is 1. The van der Waals surface area contributed by atoms with Crippen molar-refractivity contribution in [3.8, 4) is 0 Å². The number of aliphatic hydroxyl groups is 1. The van der Waals surface area contributed by atoms with Crippen molar-refractivity contribution in [2.24, 2.45) is 0 Å². The minimum absolute atomic E-state index is 0.0237. The molecule has 1 saturated heterocycles. The third-order valence-corrected chi connectivity index (χ3v) is 6.30. The number of halogens is 1. The van der Waals surface area contributed by atoms with Gasteiger partial charge in [0.1, 0.15) is 11.6 Å². The summed E-state index contributed by atoms with van der Waals surface area (Å²) in [6.45, 7) is 3.73. The maximum atomic E-state index is 14.9. The van der Waals surface area contributed by atoms with Gasteiger partial charge in [-0.05, 0) is 44.4 Å². The number of likely N-dealkylation sites (tertiary alicyclic amines) is 1. The van der Waals surface area contributed by atoms with Crippen molar-refractivity contribution in [3.63, 3.8) is 0 Å². The number of ketones is 1. The molecule has 1 unspecified atom stereocenters. The minimum Gasteiger partial charge on any atom is -0.507 e. The number of carbonyl (C=O) groups is 2. The molecule has 2 fully saturated rings. The Morgan fingerprint density at radius 2 is 1.73 bits per heavy atom. The summed E-state index contributed by atoms with van der Waals surface area (Å²) in [5.74, 6) is -2.12. The molecule has 4 nitrogen and oxygen atoms in total. The van der Waals surface area contributed by atoms with Gasteiger partial charge in [-0.2, -0.15) is 0 Å². The zero-order chi connectivity index (χ0) is 21.4. The highest BCUT2D eigenvalue weighted by atomic mass is 19.1. The van der Waals surface area contributed by atoms with Crippen molar-refractivity contribution in [2.45, 2.75) is 58.0 Å². The molecule has 2 aromatic rings. The molecule has 0 bridgehead atoms. The predicted octanol–water partition coefficient (Wildman–Crippen LogP) is 5.20. The van der Waals surface area contributed by atoms with Crippen LogP contribution in [0.5, 0.6) is 0 Å². The van der Waals surface area contributed by atoms with E-state index in [4.69, 9.17) is 0 Å². The van der Waals surface area contributed by atoms with Gasteiger partial charge in [0.25, 0.3) is 11.7 Å². The lowest BCUT2D eigenvalue weighted by Gasteiger charge is -2.35. The molecule has 0 aromatic heterocycles. The van der Waals surface area contributed by atoms with Crippen LogP contribution in [0.25, 0.3) is 5.76 Å². The van der Waals surface area contributed by atoms with Crippen molar-refractivity contribution in [2.75, 3.05) is 0 Å². The molecule has 2 aliphatic rings. The van der Waals surface area contributed by atoms with Crippen LogP contribution >= 0.6 is 0 Å². The van der Waals surface area contributed by atoms with Crippen molar-refractivity contribution >= 4 is 17.4 Å². The van der Waals surface area contributed by atoms with Gasteiger partial charge in [-0.25, -0.2) is 4.39 Å². The van der Waals surface area contributed by atoms with E-state index in [1.807, 2.05) is 26.0 Å². The van der Waals surface area contributed by atoms with Crippen LogP contribution in [0.2, 0.25) is 0 Å². The van der Waals surface area contributed by atoms with Crippen LogP contribution in [0.4, 0.5) is 4.39 Å². The SMILES string of the molecule is Cc1ccc(C)c(/C(O)=C2\C(=O)C(=O)N(C3CCCCC3)C2c2ccccc2F)c1. The number of amides is 1. The maximum absolute atomic E-state index is 14.9. The van der Waals surface area contributed by atoms with E-state index < -0.39 is 23.5 Å². The van der Waals surface area contributed by atoms with Crippen molar-refractivity contribution in [3.05, 3.63) is 76.1 Å². The molecular formula is C25H26FNO3. The fourth-order valence-corrected chi connectivity index (χ4v) is 4.72. The average molecular weight is 407 g/mol. The molecule has 0 spiro atoms. The number of hydrogen-bond donors (Lipinski definition) is 1. The van der Waals surface area contributed by atoms with Gasteiger partial charge in [0.05, 0.1) is 11.6 Å². The lowest BCUT2D eigenvalue weighted by atomic mass is 9.90. The Balaban J connectivity index is 1.93. The lowest BCUT2D eigenvalue weighted by molar-refractivity contribution is -0.141. The molecule has 5 heteroatoms. The van der Waals surface area contributed by atoms with E-state index in [1.165, 1.54) is 11.0 Å². The fourth-order valence-electron chi connectivity index (χ4n) is 4.72. The van der Waals surface area contributed by atoms with Gasteiger partial charge in [-0.15, -0.1) is 0 Å². The molecule has 1 N–H and O–H groups in total. The van der Waals surface area contributed by atoms with Crippen LogP contribution < -0.4 is 0 Å². The summed E-state index contributed by atoms with van der Waals surface area (Å²) in [6.07, 6.45) is 4.58. The molecule has 1 aliphatic heterocycles. The molecule has 1 aliphatic carbocycles. The number of rotatable bonds is 3. The monoisotopic (exact) mass is 407 g/mol. The Kier molecular flexibility index (Phi) is 5.46. The summed E-state index contributed by atoms with van der Waals surface area (Å²) in [7, 11) is 0. The molecule has 0 radical (unpaired) electrons. The van der Waals surface area contributed by atoms with Crippen LogP contribution in [0.3, 0.4) is 0 Å². The smallest absolute Gasteiger partial charge is 0.295 e. The Labute approximate surface area is 176 Å². The Bertz CT molecular complexity index is 1040. The zero-order valence-electron chi connectivity index (χ0n) is 17.3. The maximum Gasteiger partial charge on any atom is 0.295 e. The van der Waals surface area contributed by atoms with Crippen LogP contribution in [-0.2, 0) is 9.59 Å². The van der Waals surface area contributed by atoms with Gasteiger partial charge in [0.2, 0.25) is 0 Å². The van der Waals surface area contributed by atoms with Gasteiger partial charge in [0, 0.05) is 17.2 Å². The fraction of sp³-hybridized carbons (Fsp3) is 0.360. The number of nitrogens with zero attached hydrogens (tertiary/aromatic N) is 1. The predicted molar refractivity (Wildman–Crippen MR) is 113 cm³/mol. The summed E-state index contributed by atoms with van der Waals surface area (Å²) in [6, 6.07) is 10.7. The summed E-state index contributed by atoms with van der Waals surface area (Å²) in [5, 5.41) is 11.2. The van der Waals surface area contributed by atoms with Crippen molar-refractivity contribution in [1.29, 1.82) is 0 Å². The highest BCUT2D eigenvalue weighted by molar-refractivity contribution is 6.46. The van der Waals surface area contributed by atoms with Crippen LogP contribution in [0.15, 0.2) is 48.0 Å². The van der Waals surface area contributed by atoms with E-state index in [1.54, 1.807) is 24.3 Å². The normalized spacial score (nSPS) is 22.0. The van der Waals surface area contributed by atoms with Crippen LogP contribution in [-0.4, -0.2) is 27.7 Å². The summed E-state index contributed by atoms with van der Waals surface area (Å²) >= 11 is 0. The summed E-state index contributed by atoms with van der Waals surface area (Å²) in [5.41, 5.74) is 2.43. The van der Waals surface area contributed by atoms with E-state index in [-0.39, 0.29) is 22.9 Å². The molecule has 30 heavy (non-hydrogen) atoms. The minimum atomic E-state index is -0.922. The van der Waals surface area contributed by atoms with E-state index in [0.29, 0.717) is 5.56 Å². The highest BCUT2D eigenvalue weighted by Gasteiger charge is 2.49. The second-order valence-corrected chi connectivity index (χ2v) is 8.34. The Morgan fingerprint density at radius 3 is 2.43 bits per heavy atom. The molecule has 1 heterocycles. The van der Waals surface area contributed by atoms with E-state index >= 15 is 0 Å². The largest absolute Gasteiger partial charge is 0.507 e. The number of Topliss-reactive ketones (excluding diaryl/α,β-unsaturated/α-hetero) is 1. The van der Waals surface area contributed by atoms with Gasteiger partial charge < -0.3 is 10.0 Å². The highest BCUT2D eigenvalue weighted by Crippen LogP contribution is 2.44. The molecular weight excluding hydrogens is 381 g/mol. The van der Waals surface area contributed by atoms with Crippen molar-refractivity contribution < 1.29 is 19.1 Å². The van der Waals surface area contributed by atoms with Gasteiger partial charge in [0.15, 0.2) is 0 Å². The van der Waals surface area contributed by atoms with Gasteiger partial charge in [-0.1, -0.05) is 55.2 Å². The average Bonchev–Trinajstić information content (AvgIpc) is 3.01. The molecule has 156 valence electrons. The Morgan fingerprint density at radius 1 is 1.03 bits per heavy atom. The molecule has 1 saturated carbocycles. The second-order valence-electron chi connectivity index (χ2n) is 8.34. The summed E-state index contributed by atoms with van der Waals surface area (Å²) < 4.78 is 14.9. The number of carbonyl (C=O) groups excluding carboxylic acids is 2. The first-order chi connectivity index (χ1) is 14.4. The number of aryl methyl sites for hydroxylation is 2. The molecule has 2 aromatic carbocycles. The first kappa shape index (κ1) is 20.3. The number of hydrogen-bond acceptors (Lipinski definition) is 3. The molecule has 1 amide bonds. The molecule has 1 atom stereocenters. The third kappa shape index (κ3) is 3.42. The number of benzene rings is 2. The van der Waals surface area contributed by atoms with E-state index in [2.05, 4.69) is 0 Å². The quantitative estimate of drug-likeness (QED) is 0.432. The molecule has 4 rings (SSSR count). The second kappa shape index (κ2) is 8.05. The van der Waals surface area contributed by atoms with Crippen molar-refractivity contribution in [1.82, 2.24) is 4.90 Å². The van der Waals surface area contributed by atoms with E-state index in [9.17, 15) is 19.1 Å². The van der Waals surface area contributed by atoms with Crippen LogP contribution in [0, 0.1) is 19.7 Å². The first-order valence-electron chi connectivity index (χ1n) is 10.5. The Hall–Kier alpha value is -2.95. The van der Waals surface area contributed by atoms with Gasteiger partial charge >= 0.3 is 0 Å². The topological polar surface area (TPSA) is 57.6 Å². The lowest BCUT2D eigenvalue weighted by Crippen LogP contribution is -2.40. The zero-order valence-corrected chi connectivity index (χ0v) is 17.3. The van der Waals surface area contributed by atoms with E-state index in [0.717, 1.165) is 43.2 Å². The van der Waals surface area contributed by atoms with Crippen LogP contribution in [0.1, 0.15) is 60.4 Å². The third-order valence-electron chi connectivity index (χ3n) is 6.30. The van der Waals surface area contributed by atoms with Gasteiger partial charge in [-0.3, -0.25) is 9.59 Å². The summed E-state index contributed by atoms with van der Waals surface area (Å²) in [4.78, 5) is 27.8. The first-order valence-corrected chi connectivity index (χ1v) is 10.5. The standard InChI is InChI=1S/C25H26FNO3/c1-15-12-13-16(2)19(14-15)23(28)21-22(18-10-6-7-11-20(18)26)27(25(30)24(21)29)17-8-4-3-5-9-17/h6-7,10-14,17,22,28H,3-5,8-9H2,1-2H3/b23-21+.